The molecule has 0 bridgehead atoms. The molecule has 0 saturated heterocycles. The number of rotatable bonds is 4. The Hall–Kier alpha value is -0.0400. The average molecular weight is 197 g/mol. The molecule has 2 unspecified atom stereocenters. The minimum Gasteiger partial charge on any atom is -0.313 e. The van der Waals surface area contributed by atoms with Crippen molar-refractivity contribution in [3.63, 3.8) is 0 Å². The smallest absolute Gasteiger partial charge is 0.00698 e. The Morgan fingerprint density at radius 2 is 2.00 bits per heavy atom. The summed E-state index contributed by atoms with van der Waals surface area (Å²) in [4.78, 5) is 0. The first kappa shape index (κ1) is 12.0. The van der Waals surface area contributed by atoms with Crippen LogP contribution in [0.15, 0.2) is 0 Å². The fourth-order valence-corrected chi connectivity index (χ4v) is 2.17. The quantitative estimate of drug-likeness (QED) is 0.726. The molecule has 0 spiro atoms. The van der Waals surface area contributed by atoms with Crippen molar-refractivity contribution in [1.29, 1.82) is 0 Å². The predicted molar refractivity (Wildman–Crippen MR) is 63.5 cm³/mol. The second-order valence-corrected chi connectivity index (χ2v) is 5.87. The molecule has 1 aliphatic carbocycles. The van der Waals surface area contributed by atoms with Crippen LogP contribution in [0.5, 0.6) is 0 Å². The Morgan fingerprint density at radius 1 is 1.29 bits per heavy atom. The maximum atomic E-state index is 3.74. The summed E-state index contributed by atoms with van der Waals surface area (Å²) in [5.74, 6) is 0.936. The van der Waals surface area contributed by atoms with E-state index < -0.39 is 0 Å². The van der Waals surface area contributed by atoms with E-state index in [1.165, 1.54) is 38.6 Å². The molecule has 1 heteroatoms. The lowest BCUT2D eigenvalue weighted by Crippen LogP contribution is -2.39. The minimum atomic E-state index is 0.473. The van der Waals surface area contributed by atoms with E-state index in [0.29, 0.717) is 5.41 Å². The first-order chi connectivity index (χ1) is 6.53. The maximum absolute atomic E-state index is 3.74. The summed E-state index contributed by atoms with van der Waals surface area (Å²) in [5.41, 5.74) is 0.473. The van der Waals surface area contributed by atoms with Crippen LogP contribution in [0, 0.1) is 11.3 Å². The van der Waals surface area contributed by atoms with Crippen LogP contribution in [0.4, 0.5) is 0 Å². The van der Waals surface area contributed by atoms with Gasteiger partial charge in [0.05, 0.1) is 0 Å². The molecule has 84 valence electrons. The van der Waals surface area contributed by atoms with Crippen molar-refractivity contribution in [2.45, 2.75) is 65.8 Å². The molecule has 0 amide bonds. The van der Waals surface area contributed by atoms with Gasteiger partial charge in [0.15, 0.2) is 0 Å². The van der Waals surface area contributed by atoms with Gasteiger partial charge in [-0.15, -0.1) is 0 Å². The van der Waals surface area contributed by atoms with Gasteiger partial charge >= 0.3 is 0 Å². The monoisotopic (exact) mass is 197 g/mol. The van der Waals surface area contributed by atoms with E-state index in [2.05, 4.69) is 33.0 Å². The minimum absolute atomic E-state index is 0.473. The van der Waals surface area contributed by atoms with Crippen molar-refractivity contribution in [2.75, 3.05) is 6.54 Å². The van der Waals surface area contributed by atoms with Crippen molar-refractivity contribution >= 4 is 0 Å². The lowest BCUT2D eigenvalue weighted by Gasteiger charge is -2.31. The standard InChI is InChI=1S/C13H27N/c1-5-13(3,4)10-14-12-8-6-7-11(2)9-12/h11-12,14H,5-10H2,1-4H3. The van der Waals surface area contributed by atoms with Gasteiger partial charge in [-0.2, -0.15) is 0 Å². The van der Waals surface area contributed by atoms with Gasteiger partial charge in [0.2, 0.25) is 0 Å². The van der Waals surface area contributed by atoms with Gasteiger partial charge in [0.1, 0.15) is 0 Å². The second kappa shape index (κ2) is 5.16. The summed E-state index contributed by atoms with van der Waals surface area (Å²) in [6.07, 6.45) is 6.91. The normalized spacial score (nSPS) is 29.1. The largest absolute Gasteiger partial charge is 0.313 e. The summed E-state index contributed by atoms with van der Waals surface area (Å²) < 4.78 is 0. The molecule has 0 aromatic heterocycles. The van der Waals surface area contributed by atoms with Crippen LogP contribution in [-0.2, 0) is 0 Å². The van der Waals surface area contributed by atoms with E-state index in [1.54, 1.807) is 0 Å². The van der Waals surface area contributed by atoms with E-state index in [0.717, 1.165) is 12.0 Å². The molecule has 0 radical (unpaired) electrons. The van der Waals surface area contributed by atoms with Gasteiger partial charge in [-0.05, 0) is 30.6 Å². The first-order valence-electron chi connectivity index (χ1n) is 6.27. The van der Waals surface area contributed by atoms with Gasteiger partial charge in [0.25, 0.3) is 0 Å². The Morgan fingerprint density at radius 3 is 2.57 bits per heavy atom. The van der Waals surface area contributed by atoms with Crippen LogP contribution in [0.1, 0.15) is 59.8 Å². The van der Waals surface area contributed by atoms with Crippen molar-refractivity contribution in [3.8, 4) is 0 Å². The summed E-state index contributed by atoms with van der Waals surface area (Å²) in [6.45, 7) is 10.6. The lowest BCUT2D eigenvalue weighted by atomic mass is 9.85. The Labute approximate surface area is 89.7 Å². The van der Waals surface area contributed by atoms with E-state index >= 15 is 0 Å². The molecule has 2 atom stereocenters. The highest BCUT2D eigenvalue weighted by atomic mass is 14.9. The Bertz CT molecular complexity index is 163. The Kier molecular flexibility index (Phi) is 4.43. The maximum Gasteiger partial charge on any atom is 0.00698 e. The van der Waals surface area contributed by atoms with E-state index in [9.17, 15) is 0 Å². The molecule has 14 heavy (non-hydrogen) atoms. The molecule has 1 saturated carbocycles. The van der Waals surface area contributed by atoms with E-state index in [-0.39, 0.29) is 0 Å². The highest BCUT2D eigenvalue weighted by molar-refractivity contribution is 4.79. The van der Waals surface area contributed by atoms with Crippen molar-refractivity contribution in [3.05, 3.63) is 0 Å². The van der Waals surface area contributed by atoms with Crippen LogP contribution >= 0.6 is 0 Å². The second-order valence-electron chi connectivity index (χ2n) is 5.87. The molecular weight excluding hydrogens is 170 g/mol. The molecule has 1 fully saturated rings. The highest BCUT2D eigenvalue weighted by Crippen LogP contribution is 2.25. The summed E-state index contributed by atoms with van der Waals surface area (Å²) >= 11 is 0. The van der Waals surface area contributed by atoms with Crippen LogP contribution in [0.3, 0.4) is 0 Å². The summed E-state index contributed by atoms with van der Waals surface area (Å²) in [7, 11) is 0. The molecular formula is C13H27N. The third-order valence-corrected chi connectivity index (χ3v) is 3.76. The Balaban J connectivity index is 2.23. The molecule has 0 aliphatic heterocycles. The number of hydrogen-bond acceptors (Lipinski definition) is 1. The van der Waals surface area contributed by atoms with Crippen molar-refractivity contribution < 1.29 is 0 Å². The topological polar surface area (TPSA) is 12.0 Å². The van der Waals surface area contributed by atoms with Gasteiger partial charge in [-0.3, -0.25) is 0 Å². The van der Waals surface area contributed by atoms with Gasteiger partial charge in [0, 0.05) is 12.6 Å². The fraction of sp³-hybridized carbons (Fsp3) is 1.00. The van der Waals surface area contributed by atoms with Crippen LogP contribution in [-0.4, -0.2) is 12.6 Å². The van der Waals surface area contributed by atoms with Crippen LogP contribution < -0.4 is 5.32 Å². The zero-order valence-corrected chi connectivity index (χ0v) is 10.4. The summed E-state index contributed by atoms with van der Waals surface area (Å²) in [5, 5.41) is 3.74. The molecule has 0 aromatic rings. The first-order valence-corrected chi connectivity index (χ1v) is 6.27. The zero-order chi connectivity index (χ0) is 10.6. The van der Waals surface area contributed by atoms with Gasteiger partial charge in [-0.25, -0.2) is 0 Å². The lowest BCUT2D eigenvalue weighted by molar-refractivity contribution is 0.253. The third-order valence-electron chi connectivity index (χ3n) is 3.76. The predicted octanol–water partition coefficient (Wildman–Crippen LogP) is 3.59. The van der Waals surface area contributed by atoms with Crippen molar-refractivity contribution in [1.82, 2.24) is 5.32 Å². The molecule has 0 aromatic carbocycles. The van der Waals surface area contributed by atoms with Crippen LogP contribution in [0.2, 0.25) is 0 Å². The molecule has 0 heterocycles. The van der Waals surface area contributed by atoms with E-state index in [1.807, 2.05) is 0 Å². The number of nitrogens with one attached hydrogen (secondary N) is 1. The number of hydrogen-bond donors (Lipinski definition) is 1. The fourth-order valence-electron chi connectivity index (χ4n) is 2.17. The molecule has 1 rings (SSSR count). The van der Waals surface area contributed by atoms with Gasteiger partial charge in [-0.1, -0.05) is 40.5 Å². The van der Waals surface area contributed by atoms with Crippen LogP contribution in [0.25, 0.3) is 0 Å². The van der Waals surface area contributed by atoms with Crippen molar-refractivity contribution in [2.24, 2.45) is 11.3 Å². The average Bonchev–Trinajstić information content (AvgIpc) is 2.15. The summed E-state index contributed by atoms with van der Waals surface area (Å²) in [6, 6.07) is 0.796. The van der Waals surface area contributed by atoms with Gasteiger partial charge < -0.3 is 5.32 Å². The zero-order valence-electron chi connectivity index (χ0n) is 10.4. The molecule has 1 N–H and O–H groups in total. The highest BCUT2D eigenvalue weighted by Gasteiger charge is 2.21. The molecule has 1 nitrogen and oxygen atoms in total. The third kappa shape index (κ3) is 4.00. The SMILES string of the molecule is CCC(C)(C)CNC1CCCC(C)C1. The van der Waals surface area contributed by atoms with E-state index in [4.69, 9.17) is 0 Å². The molecule has 1 aliphatic rings.